The molecule has 4 rings (SSSR count). The van der Waals surface area contributed by atoms with Crippen LogP contribution in [-0.4, -0.2) is 23.9 Å². The molecule has 1 fully saturated rings. The molecule has 0 bridgehead atoms. The lowest BCUT2D eigenvalue weighted by molar-refractivity contribution is -0.132. The second-order valence-electron chi connectivity index (χ2n) is 6.92. The van der Waals surface area contributed by atoms with Gasteiger partial charge in [-0.3, -0.25) is 14.5 Å². The zero-order valence-corrected chi connectivity index (χ0v) is 18.9. The van der Waals surface area contributed by atoms with E-state index in [4.69, 9.17) is 27.9 Å². The van der Waals surface area contributed by atoms with E-state index in [-0.39, 0.29) is 11.3 Å². The minimum atomic E-state index is -0.793. The van der Waals surface area contributed by atoms with Gasteiger partial charge in [0.1, 0.15) is 17.6 Å². The van der Waals surface area contributed by atoms with Crippen LogP contribution in [-0.2, 0) is 9.59 Å². The van der Waals surface area contributed by atoms with Gasteiger partial charge in [0.25, 0.3) is 11.7 Å². The van der Waals surface area contributed by atoms with Crippen LogP contribution in [0.25, 0.3) is 5.76 Å². The van der Waals surface area contributed by atoms with Crippen LogP contribution in [0, 0.1) is 6.92 Å². The predicted octanol–water partition coefficient (Wildman–Crippen LogP) is 6.00. The Morgan fingerprint density at radius 3 is 2.55 bits per heavy atom. The van der Waals surface area contributed by atoms with Gasteiger partial charge in [0.15, 0.2) is 0 Å². The van der Waals surface area contributed by atoms with Gasteiger partial charge >= 0.3 is 0 Å². The van der Waals surface area contributed by atoms with Crippen molar-refractivity contribution in [3.63, 3.8) is 0 Å². The van der Waals surface area contributed by atoms with Crippen LogP contribution < -0.4 is 9.64 Å². The molecule has 31 heavy (non-hydrogen) atoms. The summed E-state index contributed by atoms with van der Waals surface area (Å²) in [5.41, 5.74) is 1.50. The average Bonchev–Trinajstić information content (AvgIpc) is 3.37. The highest BCUT2D eigenvalue weighted by molar-refractivity contribution is 7.10. The first-order chi connectivity index (χ1) is 14.8. The average molecular weight is 474 g/mol. The number of anilines is 1. The summed E-state index contributed by atoms with van der Waals surface area (Å²) < 4.78 is 5.22. The van der Waals surface area contributed by atoms with Crippen molar-refractivity contribution in [1.29, 1.82) is 0 Å². The first-order valence-electron chi connectivity index (χ1n) is 9.28. The van der Waals surface area contributed by atoms with Crippen LogP contribution in [0.1, 0.15) is 22.0 Å². The molecule has 0 saturated carbocycles. The summed E-state index contributed by atoms with van der Waals surface area (Å²) >= 11 is 13.8. The Kier molecular flexibility index (Phi) is 5.79. The van der Waals surface area contributed by atoms with Crippen LogP contribution in [0.4, 0.5) is 5.69 Å². The largest absolute Gasteiger partial charge is 0.507 e. The summed E-state index contributed by atoms with van der Waals surface area (Å²) in [5, 5.41) is 13.8. The normalized spacial score (nSPS) is 17.9. The first-order valence-corrected chi connectivity index (χ1v) is 10.9. The molecule has 1 amide bonds. The number of aliphatic hydroxyl groups excluding tert-OH is 1. The molecule has 0 spiro atoms. The Labute approximate surface area is 193 Å². The fourth-order valence-corrected chi connectivity index (χ4v) is 4.80. The van der Waals surface area contributed by atoms with Crippen molar-refractivity contribution >= 4 is 57.7 Å². The zero-order valence-electron chi connectivity index (χ0n) is 16.6. The molecular formula is C23H17Cl2NO4S. The van der Waals surface area contributed by atoms with Crippen LogP contribution in [0.5, 0.6) is 5.75 Å². The van der Waals surface area contributed by atoms with Gasteiger partial charge in [-0.2, -0.15) is 0 Å². The molecule has 1 saturated heterocycles. The van der Waals surface area contributed by atoms with Crippen molar-refractivity contribution in [3.8, 4) is 5.75 Å². The van der Waals surface area contributed by atoms with Crippen molar-refractivity contribution in [2.24, 2.45) is 0 Å². The fraction of sp³-hybridized carbons (Fsp3) is 0.130. The number of rotatable bonds is 4. The molecule has 2 aromatic carbocycles. The Bertz CT molecular complexity index is 1220. The predicted molar refractivity (Wildman–Crippen MR) is 123 cm³/mol. The van der Waals surface area contributed by atoms with E-state index in [9.17, 15) is 14.7 Å². The molecule has 1 aromatic heterocycles. The second kappa shape index (κ2) is 8.38. The van der Waals surface area contributed by atoms with E-state index in [2.05, 4.69) is 0 Å². The summed E-state index contributed by atoms with van der Waals surface area (Å²) in [6.07, 6.45) is 0. The maximum Gasteiger partial charge on any atom is 0.300 e. The Morgan fingerprint density at radius 1 is 1.10 bits per heavy atom. The fourth-order valence-electron chi connectivity index (χ4n) is 3.62. The number of benzene rings is 2. The molecule has 5 nitrogen and oxygen atoms in total. The third kappa shape index (κ3) is 3.61. The first kappa shape index (κ1) is 21.4. The molecule has 1 aliphatic rings. The lowest BCUT2D eigenvalue weighted by Crippen LogP contribution is -2.29. The van der Waals surface area contributed by atoms with Gasteiger partial charge in [-0.25, -0.2) is 0 Å². The van der Waals surface area contributed by atoms with E-state index in [1.54, 1.807) is 37.3 Å². The lowest BCUT2D eigenvalue weighted by atomic mass is 9.99. The standard InChI is InChI=1S/C23H17Cl2NO4S/c1-12-14(24)5-3-6-16(12)26-20(18-7-4-10-31-18)19(22(28)23(26)29)21(27)13-8-9-15(25)17(11-13)30-2/h3-11,20,27H,1-2H3/b21-19-. The number of carbonyl (C=O) groups excluding carboxylic acids is 2. The van der Waals surface area contributed by atoms with Gasteiger partial charge in [0, 0.05) is 21.2 Å². The highest BCUT2D eigenvalue weighted by Crippen LogP contribution is 2.45. The number of hydrogen-bond acceptors (Lipinski definition) is 5. The summed E-state index contributed by atoms with van der Waals surface area (Å²) in [6.45, 7) is 1.78. The number of amides is 1. The minimum absolute atomic E-state index is 0.00352. The number of thiophene rings is 1. The van der Waals surface area contributed by atoms with Crippen molar-refractivity contribution in [3.05, 3.63) is 85.5 Å². The quantitative estimate of drug-likeness (QED) is 0.286. The molecule has 0 aliphatic carbocycles. The number of Topliss-reactive ketones (excluding diaryl/α,β-unsaturated/α-hetero) is 1. The number of ketones is 1. The maximum atomic E-state index is 13.1. The topological polar surface area (TPSA) is 66.8 Å². The van der Waals surface area contributed by atoms with Gasteiger partial charge in [0.05, 0.1) is 17.7 Å². The number of methoxy groups -OCH3 is 1. The number of hydrogen-bond donors (Lipinski definition) is 1. The van der Waals surface area contributed by atoms with E-state index < -0.39 is 17.7 Å². The van der Waals surface area contributed by atoms with Crippen molar-refractivity contribution in [2.45, 2.75) is 13.0 Å². The minimum Gasteiger partial charge on any atom is -0.507 e. The van der Waals surface area contributed by atoms with Gasteiger partial charge in [-0.15, -0.1) is 11.3 Å². The van der Waals surface area contributed by atoms with Gasteiger partial charge in [-0.1, -0.05) is 35.3 Å². The number of nitrogens with zero attached hydrogens (tertiary/aromatic N) is 1. The number of halogens is 2. The summed E-state index contributed by atoms with van der Waals surface area (Å²) in [7, 11) is 1.46. The van der Waals surface area contributed by atoms with Crippen molar-refractivity contribution in [2.75, 3.05) is 12.0 Å². The number of carbonyl (C=O) groups is 2. The Balaban J connectivity index is 1.95. The molecule has 8 heteroatoms. The highest BCUT2D eigenvalue weighted by Gasteiger charge is 2.47. The molecule has 1 N–H and O–H groups in total. The van der Waals surface area contributed by atoms with Gasteiger partial charge < -0.3 is 9.84 Å². The lowest BCUT2D eigenvalue weighted by Gasteiger charge is -2.26. The number of aliphatic hydroxyl groups is 1. The van der Waals surface area contributed by atoms with Crippen LogP contribution in [0.2, 0.25) is 10.0 Å². The molecule has 158 valence electrons. The zero-order chi connectivity index (χ0) is 22.3. The second-order valence-corrected chi connectivity index (χ2v) is 8.71. The van der Waals surface area contributed by atoms with E-state index in [0.29, 0.717) is 32.6 Å². The van der Waals surface area contributed by atoms with E-state index in [1.807, 2.05) is 17.5 Å². The highest BCUT2D eigenvalue weighted by atomic mass is 35.5. The third-order valence-electron chi connectivity index (χ3n) is 5.18. The molecular weight excluding hydrogens is 457 g/mol. The molecule has 1 unspecified atom stereocenters. The SMILES string of the molecule is COc1cc(/C(O)=C2/C(=O)C(=O)N(c3cccc(Cl)c3C)C2c2cccs2)ccc1Cl. The summed E-state index contributed by atoms with van der Waals surface area (Å²) in [6, 6.07) is 12.7. The molecule has 2 heterocycles. The molecule has 1 atom stereocenters. The summed E-state index contributed by atoms with van der Waals surface area (Å²) in [4.78, 5) is 28.4. The van der Waals surface area contributed by atoms with Crippen molar-refractivity contribution in [1.82, 2.24) is 0 Å². The number of ether oxygens (including phenoxy) is 1. The monoisotopic (exact) mass is 473 g/mol. The molecule has 1 aliphatic heterocycles. The third-order valence-corrected chi connectivity index (χ3v) is 6.83. The van der Waals surface area contributed by atoms with Gasteiger partial charge in [-0.05, 0) is 54.3 Å². The smallest absolute Gasteiger partial charge is 0.300 e. The van der Waals surface area contributed by atoms with Crippen LogP contribution >= 0.6 is 34.5 Å². The van der Waals surface area contributed by atoms with E-state index in [0.717, 1.165) is 4.88 Å². The van der Waals surface area contributed by atoms with Crippen LogP contribution in [0.15, 0.2) is 59.5 Å². The van der Waals surface area contributed by atoms with Crippen LogP contribution in [0.3, 0.4) is 0 Å². The summed E-state index contributed by atoms with van der Waals surface area (Å²) in [5.74, 6) is -1.46. The maximum absolute atomic E-state index is 13.1. The van der Waals surface area contributed by atoms with Gasteiger partial charge in [0.2, 0.25) is 0 Å². The van der Waals surface area contributed by atoms with E-state index >= 15 is 0 Å². The Morgan fingerprint density at radius 2 is 1.87 bits per heavy atom. The van der Waals surface area contributed by atoms with Crippen molar-refractivity contribution < 1.29 is 19.4 Å². The molecule has 3 aromatic rings. The van der Waals surface area contributed by atoms with E-state index in [1.165, 1.54) is 29.4 Å². The Hall–Kier alpha value is -2.80. The molecule has 0 radical (unpaired) electrons.